The number of benzene rings is 2. The summed E-state index contributed by atoms with van der Waals surface area (Å²) in [4.78, 5) is 15.9. The molecule has 1 unspecified atom stereocenters. The van der Waals surface area contributed by atoms with Crippen molar-refractivity contribution in [2.45, 2.75) is 9.10 Å². The zero-order valence-corrected chi connectivity index (χ0v) is 16.3. The van der Waals surface area contributed by atoms with Gasteiger partial charge in [0.1, 0.15) is 9.04 Å². The van der Waals surface area contributed by atoms with Crippen molar-refractivity contribution in [1.29, 1.82) is 0 Å². The molecular weight excluding hydrogens is 409 g/mol. The Labute approximate surface area is 165 Å². The van der Waals surface area contributed by atoms with E-state index < -0.39 is 10.8 Å². The van der Waals surface area contributed by atoms with Crippen molar-refractivity contribution >= 4 is 55.6 Å². The molecule has 3 nitrogen and oxygen atoms in total. The van der Waals surface area contributed by atoms with Gasteiger partial charge in [0.2, 0.25) is 5.56 Å². The van der Waals surface area contributed by atoms with Gasteiger partial charge in [0.05, 0.1) is 10.8 Å². The van der Waals surface area contributed by atoms with Crippen molar-refractivity contribution in [1.82, 2.24) is 4.98 Å². The molecule has 26 heavy (non-hydrogen) atoms. The average molecular weight is 420 g/mol. The first kappa shape index (κ1) is 17.5. The molecule has 2 aromatic carbocycles. The number of hydrogen-bond acceptors (Lipinski definition) is 3. The zero-order valence-electron chi connectivity index (χ0n) is 13.2. The van der Waals surface area contributed by atoms with Gasteiger partial charge in [-0.15, -0.1) is 11.3 Å². The van der Waals surface area contributed by atoms with E-state index in [9.17, 15) is 9.00 Å². The molecule has 0 aliphatic heterocycles. The molecule has 0 amide bonds. The maximum Gasteiger partial charge on any atom is 0.249 e. The second-order valence-electron chi connectivity index (χ2n) is 5.56. The van der Waals surface area contributed by atoms with E-state index in [0.29, 0.717) is 24.0 Å². The van der Waals surface area contributed by atoms with E-state index in [1.54, 1.807) is 42.5 Å². The van der Waals surface area contributed by atoms with Crippen LogP contribution in [0.3, 0.4) is 0 Å². The summed E-state index contributed by atoms with van der Waals surface area (Å²) < 4.78 is 13.9. The second-order valence-corrected chi connectivity index (χ2v) is 9.13. The molecule has 130 valence electrons. The second kappa shape index (κ2) is 7.00. The van der Waals surface area contributed by atoms with Crippen LogP contribution in [-0.2, 0) is 10.8 Å². The normalized spacial score (nSPS) is 12.4. The molecule has 0 spiro atoms. The van der Waals surface area contributed by atoms with Gasteiger partial charge < -0.3 is 4.98 Å². The van der Waals surface area contributed by atoms with Crippen LogP contribution in [-0.4, -0.2) is 9.19 Å². The van der Waals surface area contributed by atoms with Crippen molar-refractivity contribution in [3.05, 3.63) is 81.1 Å². The Balaban J connectivity index is 1.97. The van der Waals surface area contributed by atoms with Gasteiger partial charge in [-0.05, 0) is 48.0 Å². The minimum atomic E-state index is -1.41. The predicted molar refractivity (Wildman–Crippen MR) is 109 cm³/mol. The number of H-pyrrole nitrogens is 1. The minimum Gasteiger partial charge on any atom is -0.314 e. The maximum absolute atomic E-state index is 13.2. The quantitative estimate of drug-likeness (QED) is 0.460. The van der Waals surface area contributed by atoms with E-state index in [0.717, 1.165) is 16.5 Å². The molecule has 7 heteroatoms. The maximum atomic E-state index is 13.2. The number of halogens is 2. The molecule has 0 fully saturated rings. The Morgan fingerprint density at radius 3 is 2.12 bits per heavy atom. The van der Waals surface area contributed by atoms with Gasteiger partial charge in [-0.1, -0.05) is 35.3 Å². The van der Waals surface area contributed by atoms with Gasteiger partial charge in [0.25, 0.3) is 0 Å². The van der Waals surface area contributed by atoms with Gasteiger partial charge in [-0.2, -0.15) is 0 Å². The van der Waals surface area contributed by atoms with E-state index in [-0.39, 0.29) is 5.56 Å². The van der Waals surface area contributed by atoms with E-state index in [1.165, 1.54) is 17.4 Å². The number of rotatable bonds is 3. The third kappa shape index (κ3) is 3.23. The zero-order chi connectivity index (χ0) is 18.3. The molecule has 4 rings (SSSR count). The summed E-state index contributed by atoms with van der Waals surface area (Å²) in [5.41, 5.74) is 1.54. The fourth-order valence-electron chi connectivity index (χ4n) is 2.67. The molecule has 0 aliphatic rings. The number of fused-ring (bicyclic) bond motifs is 1. The summed E-state index contributed by atoms with van der Waals surface area (Å²) in [6, 6.07) is 17.5. The van der Waals surface area contributed by atoms with E-state index >= 15 is 0 Å². The lowest BCUT2D eigenvalue weighted by molar-refractivity contribution is 0.684. The summed E-state index contributed by atoms with van der Waals surface area (Å²) in [5, 5.41) is 2.07. The standard InChI is InChI=1S/C19H11Cl2NO2S2/c20-12-3-1-11(2-4-12)17-15-9-10-16(23)22-18(15)25-19(17)26(24)14-7-5-13(21)6-8-14/h1-10H,(H,22,23). The highest BCUT2D eigenvalue weighted by molar-refractivity contribution is 7.87. The van der Waals surface area contributed by atoms with Gasteiger partial charge in [0.15, 0.2) is 0 Å². The lowest BCUT2D eigenvalue weighted by Crippen LogP contribution is -2.00. The molecule has 0 radical (unpaired) electrons. The minimum absolute atomic E-state index is 0.190. The van der Waals surface area contributed by atoms with Crippen molar-refractivity contribution < 1.29 is 4.21 Å². The van der Waals surface area contributed by atoms with Crippen LogP contribution in [0.5, 0.6) is 0 Å². The molecule has 0 aliphatic carbocycles. The number of pyridine rings is 1. The van der Waals surface area contributed by atoms with Crippen LogP contribution in [0.1, 0.15) is 0 Å². The first-order valence-electron chi connectivity index (χ1n) is 7.62. The van der Waals surface area contributed by atoms with Crippen LogP contribution in [0.4, 0.5) is 0 Å². The Morgan fingerprint density at radius 1 is 0.846 bits per heavy atom. The van der Waals surface area contributed by atoms with Crippen LogP contribution < -0.4 is 5.56 Å². The van der Waals surface area contributed by atoms with Crippen LogP contribution >= 0.6 is 34.5 Å². The molecule has 0 saturated carbocycles. The fraction of sp³-hybridized carbons (Fsp3) is 0. The van der Waals surface area contributed by atoms with Gasteiger partial charge >= 0.3 is 0 Å². The molecule has 2 heterocycles. The molecule has 1 N–H and O–H groups in total. The number of aromatic nitrogens is 1. The van der Waals surface area contributed by atoms with Crippen LogP contribution in [0.15, 0.2) is 74.6 Å². The number of hydrogen-bond donors (Lipinski definition) is 1. The number of thiophene rings is 1. The first-order chi connectivity index (χ1) is 12.5. The molecule has 2 aromatic heterocycles. The fourth-order valence-corrected chi connectivity index (χ4v) is 5.72. The third-order valence-electron chi connectivity index (χ3n) is 3.88. The SMILES string of the molecule is O=c1ccc2c(-c3ccc(Cl)cc3)c(S(=O)c3ccc(Cl)cc3)sc2[nH]1. The van der Waals surface area contributed by atoms with Crippen molar-refractivity contribution in [2.24, 2.45) is 0 Å². The topological polar surface area (TPSA) is 49.9 Å². The number of aromatic amines is 1. The molecule has 4 aromatic rings. The van der Waals surface area contributed by atoms with Gasteiger partial charge in [0, 0.05) is 32.0 Å². The van der Waals surface area contributed by atoms with Crippen molar-refractivity contribution in [2.75, 3.05) is 0 Å². The van der Waals surface area contributed by atoms with Crippen LogP contribution in [0, 0.1) is 0 Å². The molecule has 1 atom stereocenters. The van der Waals surface area contributed by atoms with Gasteiger partial charge in [-0.3, -0.25) is 4.79 Å². The smallest absolute Gasteiger partial charge is 0.249 e. The summed E-state index contributed by atoms with van der Waals surface area (Å²) in [6.45, 7) is 0. The number of nitrogens with one attached hydrogen (secondary N) is 1. The Bertz CT molecular complexity index is 1180. The Morgan fingerprint density at radius 2 is 1.46 bits per heavy atom. The highest BCUT2D eigenvalue weighted by atomic mass is 35.5. The van der Waals surface area contributed by atoms with E-state index in [2.05, 4.69) is 4.98 Å². The van der Waals surface area contributed by atoms with Crippen molar-refractivity contribution in [3.63, 3.8) is 0 Å². The predicted octanol–water partition coefficient (Wildman–Crippen LogP) is 5.73. The summed E-state index contributed by atoms with van der Waals surface area (Å²) in [7, 11) is -1.41. The Hall–Kier alpha value is -1.92. The molecule has 0 bridgehead atoms. The van der Waals surface area contributed by atoms with E-state index in [4.69, 9.17) is 23.2 Å². The summed E-state index contributed by atoms with van der Waals surface area (Å²) in [6.07, 6.45) is 0. The third-order valence-corrected chi connectivity index (χ3v) is 7.24. The lowest BCUT2D eigenvalue weighted by Gasteiger charge is -2.06. The van der Waals surface area contributed by atoms with Crippen molar-refractivity contribution in [3.8, 4) is 11.1 Å². The molecular formula is C19H11Cl2NO2S2. The first-order valence-corrected chi connectivity index (χ1v) is 10.3. The monoisotopic (exact) mass is 419 g/mol. The average Bonchev–Trinajstić information content (AvgIpc) is 3.01. The van der Waals surface area contributed by atoms with Crippen LogP contribution in [0.2, 0.25) is 10.0 Å². The lowest BCUT2D eigenvalue weighted by atomic mass is 10.1. The van der Waals surface area contributed by atoms with Crippen LogP contribution in [0.25, 0.3) is 21.3 Å². The largest absolute Gasteiger partial charge is 0.314 e. The van der Waals surface area contributed by atoms with Gasteiger partial charge in [-0.25, -0.2) is 4.21 Å². The summed E-state index contributed by atoms with van der Waals surface area (Å²) >= 11 is 13.3. The highest BCUT2D eigenvalue weighted by Gasteiger charge is 2.20. The molecule has 0 saturated heterocycles. The highest BCUT2D eigenvalue weighted by Crippen LogP contribution is 2.41. The van der Waals surface area contributed by atoms with E-state index in [1.807, 2.05) is 12.1 Å². The Kier molecular flexibility index (Phi) is 4.71. The summed E-state index contributed by atoms with van der Waals surface area (Å²) in [5.74, 6) is 0.